The van der Waals surface area contributed by atoms with Crippen molar-refractivity contribution >= 4 is 22.8 Å². The van der Waals surface area contributed by atoms with Crippen LogP contribution in [-0.2, 0) is 12.8 Å². The quantitative estimate of drug-likeness (QED) is 0.393. The van der Waals surface area contributed by atoms with Crippen LogP contribution in [0.25, 0.3) is 10.9 Å². The first-order valence-electron chi connectivity index (χ1n) is 12.0. The molecule has 1 aromatic heterocycles. The van der Waals surface area contributed by atoms with E-state index < -0.39 is 0 Å². The Hall–Kier alpha value is -3.90. The molecule has 178 valence electrons. The molecule has 2 N–H and O–H groups in total. The van der Waals surface area contributed by atoms with Crippen molar-refractivity contribution in [2.45, 2.75) is 18.9 Å². The first kappa shape index (κ1) is 22.9. The fraction of sp³-hybridized carbons (Fsp3) is 0.241. The molecule has 6 nitrogen and oxygen atoms in total. The van der Waals surface area contributed by atoms with Gasteiger partial charge in [0.1, 0.15) is 11.6 Å². The number of anilines is 1. The van der Waals surface area contributed by atoms with Gasteiger partial charge in [-0.15, -0.1) is 0 Å². The summed E-state index contributed by atoms with van der Waals surface area (Å²) in [6.45, 7) is 2.25. The standard InChI is InChI=1S/C29H30N4O2/c1-35-24-12-13-25-23(20-24)15-17-33(27(25)19-21-7-3-2-4-8-21)18-16-30-29(34)32-28-14-11-22-9-5-6-10-26(22)31-28/h2-14,20,27H,15-19H2,1H3,(H2,30,31,32,34). The summed E-state index contributed by atoms with van der Waals surface area (Å²) in [7, 11) is 1.71. The summed E-state index contributed by atoms with van der Waals surface area (Å²) in [6, 6.07) is 28.6. The van der Waals surface area contributed by atoms with Crippen LogP contribution in [0, 0.1) is 0 Å². The third-order valence-corrected chi connectivity index (χ3v) is 6.61. The van der Waals surface area contributed by atoms with Gasteiger partial charge in [0.25, 0.3) is 0 Å². The van der Waals surface area contributed by atoms with Crippen LogP contribution in [-0.4, -0.2) is 42.7 Å². The molecule has 0 fully saturated rings. The Kier molecular flexibility index (Phi) is 6.91. The Morgan fingerprint density at radius 1 is 1.03 bits per heavy atom. The van der Waals surface area contributed by atoms with Crippen LogP contribution in [0.5, 0.6) is 5.75 Å². The minimum absolute atomic E-state index is 0.241. The van der Waals surface area contributed by atoms with E-state index in [4.69, 9.17) is 4.74 Å². The number of urea groups is 1. The second kappa shape index (κ2) is 10.6. The van der Waals surface area contributed by atoms with E-state index in [1.165, 1.54) is 16.7 Å². The number of amides is 2. The highest BCUT2D eigenvalue weighted by atomic mass is 16.5. The van der Waals surface area contributed by atoms with Gasteiger partial charge in [0.15, 0.2) is 0 Å². The topological polar surface area (TPSA) is 66.5 Å². The maximum absolute atomic E-state index is 12.5. The molecule has 1 atom stereocenters. The van der Waals surface area contributed by atoms with Crippen LogP contribution >= 0.6 is 0 Å². The largest absolute Gasteiger partial charge is 0.497 e. The second-order valence-electron chi connectivity index (χ2n) is 8.83. The highest BCUT2D eigenvalue weighted by Gasteiger charge is 2.27. The van der Waals surface area contributed by atoms with Crippen molar-refractivity contribution in [2.75, 3.05) is 32.1 Å². The van der Waals surface area contributed by atoms with Gasteiger partial charge < -0.3 is 10.1 Å². The molecule has 0 aliphatic carbocycles. The number of aromatic nitrogens is 1. The van der Waals surface area contributed by atoms with Gasteiger partial charge in [0.2, 0.25) is 0 Å². The number of ether oxygens (including phenoxy) is 1. The summed E-state index contributed by atoms with van der Waals surface area (Å²) in [5.41, 5.74) is 4.84. The monoisotopic (exact) mass is 466 g/mol. The molecule has 2 heterocycles. The number of pyridine rings is 1. The molecule has 0 spiro atoms. The zero-order chi connectivity index (χ0) is 24.0. The van der Waals surface area contributed by atoms with Crippen LogP contribution in [0.4, 0.5) is 10.6 Å². The minimum atomic E-state index is -0.241. The van der Waals surface area contributed by atoms with Crippen molar-refractivity contribution in [3.8, 4) is 5.75 Å². The highest BCUT2D eigenvalue weighted by Crippen LogP contribution is 2.34. The molecule has 4 aromatic rings. The van der Waals surface area contributed by atoms with E-state index in [1.807, 2.05) is 48.5 Å². The van der Waals surface area contributed by atoms with Gasteiger partial charge in [-0.05, 0) is 59.9 Å². The van der Waals surface area contributed by atoms with Crippen LogP contribution in [0.3, 0.4) is 0 Å². The van der Waals surface area contributed by atoms with Crippen molar-refractivity contribution < 1.29 is 9.53 Å². The summed E-state index contributed by atoms with van der Waals surface area (Å²) in [6.07, 6.45) is 1.89. The third kappa shape index (κ3) is 5.44. The van der Waals surface area contributed by atoms with Gasteiger partial charge in [-0.1, -0.05) is 54.6 Å². The van der Waals surface area contributed by atoms with Gasteiger partial charge in [0.05, 0.1) is 12.6 Å². The zero-order valence-corrected chi connectivity index (χ0v) is 19.9. The fourth-order valence-electron chi connectivity index (χ4n) is 4.82. The van der Waals surface area contributed by atoms with Crippen molar-refractivity contribution in [3.05, 3.63) is 102 Å². The number of carbonyl (C=O) groups excluding carboxylic acids is 1. The first-order valence-corrected chi connectivity index (χ1v) is 12.0. The van der Waals surface area contributed by atoms with Crippen molar-refractivity contribution in [3.63, 3.8) is 0 Å². The van der Waals surface area contributed by atoms with E-state index in [2.05, 4.69) is 56.9 Å². The lowest BCUT2D eigenvalue weighted by molar-refractivity contribution is 0.184. The Morgan fingerprint density at radius 3 is 2.71 bits per heavy atom. The molecule has 1 unspecified atom stereocenters. The normalized spacial score (nSPS) is 15.4. The van der Waals surface area contributed by atoms with Crippen LogP contribution in [0.2, 0.25) is 0 Å². The van der Waals surface area contributed by atoms with E-state index in [9.17, 15) is 4.79 Å². The van der Waals surface area contributed by atoms with E-state index >= 15 is 0 Å². The molecular weight excluding hydrogens is 436 g/mol. The predicted molar refractivity (Wildman–Crippen MR) is 140 cm³/mol. The Balaban J connectivity index is 1.24. The summed E-state index contributed by atoms with van der Waals surface area (Å²) in [5, 5.41) is 6.91. The molecule has 1 aliphatic heterocycles. The van der Waals surface area contributed by atoms with Crippen LogP contribution in [0.15, 0.2) is 84.9 Å². The third-order valence-electron chi connectivity index (χ3n) is 6.61. The maximum Gasteiger partial charge on any atom is 0.320 e. The van der Waals surface area contributed by atoms with Crippen molar-refractivity contribution in [2.24, 2.45) is 0 Å². The second-order valence-corrected chi connectivity index (χ2v) is 8.83. The van der Waals surface area contributed by atoms with Gasteiger partial charge in [-0.3, -0.25) is 10.2 Å². The number of nitrogens with one attached hydrogen (secondary N) is 2. The van der Waals surface area contributed by atoms with E-state index in [0.29, 0.717) is 12.4 Å². The Labute approximate surface area is 205 Å². The molecule has 0 saturated heterocycles. The number of hydrogen-bond acceptors (Lipinski definition) is 4. The smallest absolute Gasteiger partial charge is 0.320 e. The highest BCUT2D eigenvalue weighted by molar-refractivity contribution is 5.90. The van der Waals surface area contributed by atoms with Crippen molar-refractivity contribution in [1.29, 1.82) is 0 Å². The lowest BCUT2D eigenvalue weighted by Crippen LogP contribution is -2.42. The Bertz CT molecular complexity index is 1310. The van der Waals surface area contributed by atoms with Crippen LogP contribution in [0.1, 0.15) is 22.7 Å². The van der Waals surface area contributed by atoms with E-state index in [1.54, 1.807) is 7.11 Å². The predicted octanol–water partition coefficient (Wildman–Crippen LogP) is 5.21. The molecule has 5 rings (SSSR count). The maximum atomic E-state index is 12.5. The molecule has 35 heavy (non-hydrogen) atoms. The summed E-state index contributed by atoms with van der Waals surface area (Å²) >= 11 is 0. The molecule has 2 amide bonds. The van der Waals surface area contributed by atoms with E-state index in [0.717, 1.165) is 42.6 Å². The summed E-state index contributed by atoms with van der Waals surface area (Å²) in [5.74, 6) is 1.44. The fourth-order valence-corrected chi connectivity index (χ4v) is 4.82. The number of methoxy groups -OCH3 is 1. The minimum Gasteiger partial charge on any atom is -0.497 e. The molecule has 0 saturated carbocycles. The zero-order valence-electron chi connectivity index (χ0n) is 19.9. The average molecular weight is 467 g/mol. The first-order chi connectivity index (χ1) is 17.2. The SMILES string of the molecule is COc1ccc2c(c1)CCN(CCNC(=O)Nc1ccc3ccccc3n1)C2Cc1ccccc1. The molecule has 6 heteroatoms. The van der Waals surface area contributed by atoms with E-state index in [-0.39, 0.29) is 12.1 Å². The van der Waals surface area contributed by atoms with Gasteiger partial charge in [-0.2, -0.15) is 0 Å². The summed E-state index contributed by atoms with van der Waals surface area (Å²) in [4.78, 5) is 19.5. The number of benzene rings is 3. The van der Waals surface area contributed by atoms with Crippen molar-refractivity contribution in [1.82, 2.24) is 15.2 Å². The number of para-hydroxylation sites is 1. The summed E-state index contributed by atoms with van der Waals surface area (Å²) < 4.78 is 5.45. The molecule has 0 bridgehead atoms. The number of rotatable bonds is 7. The van der Waals surface area contributed by atoms with Gasteiger partial charge in [0, 0.05) is 31.1 Å². The number of nitrogens with zero attached hydrogens (tertiary/aromatic N) is 2. The number of carbonyl (C=O) groups is 1. The lowest BCUT2D eigenvalue weighted by atomic mass is 9.88. The molecular formula is C29H30N4O2. The number of hydrogen-bond donors (Lipinski definition) is 2. The molecule has 3 aromatic carbocycles. The molecule has 0 radical (unpaired) electrons. The average Bonchev–Trinajstić information content (AvgIpc) is 2.90. The van der Waals surface area contributed by atoms with Crippen LogP contribution < -0.4 is 15.4 Å². The number of fused-ring (bicyclic) bond motifs is 2. The van der Waals surface area contributed by atoms with Gasteiger partial charge in [-0.25, -0.2) is 9.78 Å². The lowest BCUT2D eigenvalue weighted by Gasteiger charge is -2.37. The van der Waals surface area contributed by atoms with Gasteiger partial charge >= 0.3 is 6.03 Å². The Morgan fingerprint density at radius 2 is 1.86 bits per heavy atom. The molecule has 1 aliphatic rings.